The van der Waals surface area contributed by atoms with Crippen LogP contribution in [0.1, 0.15) is 43.5 Å². The van der Waals surface area contributed by atoms with Gasteiger partial charge in [-0.15, -0.1) is 11.8 Å². The fourth-order valence-corrected chi connectivity index (χ4v) is 5.49. The lowest BCUT2D eigenvalue weighted by Gasteiger charge is -2.36. The number of carbonyl (C=O) groups is 1. The van der Waals surface area contributed by atoms with Gasteiger partial charge in [-0.2, -0.15) is 0 Å². The zero-order valence-corrected chi connectivity index (χ0v) is 20.9. The van der Waals surface area contributed by atoms with Gasteiger partial charge >= 0.3 is 0 Å². The summed E-state index contributed by atoms with van der Waals surface area (Å²) < 4.78 is 5.97. The number of likely N-dealkylation sites (tertiary alicyclic amines) is 1. The monoisotopic (exact) mass is 467 g/mol. The van der Waals surface area contributed by atoms with Crippen molar-refractivity contribution in [2.45, 2.75) is 44.0 Å². The molecule has 178 valence electrons. The van der Waals surface area contributed by atoms with Crippen molar-refractivity contribution in [3.63, 3.8) is 0 Å². The number of anilines is 1. The summed E-state index contributed by atoms with van der Waals surface area (Å²) in [4.78, 5) is 21.0. The van der Waals surface area contributed by atoms with E-state index in [9.17, 15) is 4.79 Å². The third-order valence-electron chi connectivity index (χ3n) is 6.71. The molecule has 0 saturated carbocycles. The normalized spacial score (nSPS) is 19.2. The number of benzene rings is 2. The molecule has 0 bridgehead atoms. The Morgan fingerprint density at radius 3 is 2.55 bits per heavy atom. The zero-order chi connectivity index (χ0) is 23.0. The van der Waals surface area contributed by atoms with Gasteiger partial charge in [0.15, 0.2) is 0 Å². The molecule has 2 aromatic rings. The smallest absolute Gasteiger partial charge is 0.254 e. The quantitative estimate of drug-likeness (QED) is 0.383. The third kappa shape index (κ3) is 6.45. The molecule has 0 aromatic heterocycles. The number of thioether (sulfide) groups is 1. The highest BCUT2D eigenvalue weighted by molar-refractivity contribution is 7.99. The lowest BCUT2D eigenvalue weighted by Crippen LogP contribution is -2.48. The van der Waals surface area contributed by atoms with E-state index in [1.165, 1.54) is 25.1 Å². The van der Waals surface area contributed by atoms with E-state index in [1.54, 1.807) is 11.8 Å². The summed E-state index contributed by atoms with van der Waals surface area (Å²) in [6.45, 7) is 10.8. The Labute approximate surface area is 203 Å². The highest BCUT2D eigenvalue weighted by atomic mass is 32.2. The summed E-state index contributed by atoms with van der Waals surface area (Å²) in [5.41, 5.74) is 1.99. The predicted octanol–water partition coefficient (Wildman–Crippen LogP) is 5.01. The molecule has 6 heteroatoms. The van der Waals surface area contributed by atoms with Crippen molar-refractivity contribution in [1.29, 1.82) is 0 Å². The minimum Gasteiger partial charge on any atom is -0.494 e. The first-order chi connectivity index (χ1) is 16.1. The van der Waals surface area contributed by atoms with Gasteiger partial charge in [0.2, 0.25) is 0 Å². The molecule has 5 nitrogen and oxygen atoms in total. The number of hydrogen-bond donors (Lipinski definition) is 0. The lowest BCUT2D eigenvalue weighted by molar-refractivity contribution is 0.0746. The fourth-order valence-electron chi connectivity index (χ4n) is 4.77. The average molecular weight is 468 g/mol. The second-order valence-electron chi connectivity index (χ2n) is 8.96. The molecule has 0 N–H and O–H groups in total. The Morgan fingerprint density at radius 2 is 1.85 bits per heavy atom. The lowest BCUT2D eigenvalue weighted by atomic mass is 10.1. The van der Waals surface area contributed by atoms with Gasteiger partial charge in [-0.25, -0.2) is 0 Å². The first-order valence-corrected chi connectivity index (χ1v) is 13.4. The largest absolute Gasteiger partial charge is 0.494 e. The maximum absolute atomic E-state index is 12.9. The molecule has 2 aliphatic heterocycles. The maximum Gasteiger partial charge on any atom is 0.254 e. The van der Waals surface area contributed by atoms with Gasteiger partial charge in [-0.05, 0) is 80.9 Å². The Balaban J connectivity index is 1.21. The summed E-state index contributed by atoms with van der Waals surface area (Å²) in [5, 5.41) is 0. The second-order valence-corrected chi connectivity index (χ2v) is 10.3. The molecule has 0 spiro atoms. The van der Waals surface area contributed by atoms with Crippen molar-refractivity contribution in [1.82, 2.24) is 9.80 Å². The third-order valence-corrected chi connectivity index (χ3v) is 7.59. The molecule has 4 rings (SSSR count). The van der Waals surface area contributed by atoms with E-state index in [0.717, 1.165) is 73.8 Å². The molecule has 0 radical (unpaired) electrons. The number of nitrogens with zero attached hydrogens (tertiary/aromatic N) is 3. The van der Waals surface area contributed by atoms with Gasteiger partial charge in [-0.3, -0.25) is 4.79 Å². The molecule has 1 amide bonds. The number of rotatable bonds is 9. The van der Waals surface area contributed by atoms with E-state index in [4.69, 9.17) is 4.74 Å². The maximum atomic E-state index is 12.9. The van der Waals surface area contributed by atoms with Crippen molar-refractivity contribution in [3.8, 4) is 5.75 Å². The SMILES string of the molecule is CCSc1cccc(C(=O)N2CCN(c3ccc(OCCCN4CCCC4C)cc3)CC2)c1. The number of hydrogen-bond acceptors (Lipinski definition) is 5. The molecule has 1 atom stereocenters. The molecule has 2 saturated heterocycles. The van der Waals surface area contributed by atoms with E-state index in [-0.39, 0.29) is 5.91 Å². The molecular weight excluding hydrogens is 430 g/mol. The van der Waals surface area contributed by atoms with Crippen molar-refractivity contribution in [2.75, 3.05) is 56.5 Å². The first kappa shape index (κ1) is 24.0. The predicted molar refractivity (Wildman–Crippen MR) is 138 cm³/mol. The molecule has 2 aromatic carbocycles. The van der Waals surface area contributed by atoms with E-state index >= 15 is 0 Å². The van der Waals surface area contributed by atoms with Crippen LogP contribution in [0.15, 0.2) is 53.4 Å². The van der Waals surface area contributed by atoms with Crippen LogP contribution in [0.25, 0.3) is 0 Å². The van der Waals surface area contributed by atoms with Crippen LogP contribution in [-0.4, -0.2) is 73.4 Å². The average Bonchev–Trinajstić information content (AvgIpc) is 3.27. The van der Waals surface area contributed by atoms with Gasteiger partial charge < -0.3 is 19.4 Å². The summed E-state index contributed by atoms with van der Waals surface area (Å²) in [6.07, 6.45) is 3.73. The molecule has 2 fully saturated rings. The van der Waals surface area contributed by atoms with Gasteiger partial charge in [0.25, 0.3) is 5.91 Å². The van der Waals surface area contributed by atoms with Gasteiger partial charge in [-0.1, -0.05) is 13.0 Å². The first-order valence-electron chi connectivity index (χ1n) is 12.4. The van der Waals surface area contributed by atoms with Crippen LogP contribution in [0.4, 0.5) is 5.69 Å². The zero-order valence-electron chi connectivity index (χ0n) is 20.0. The Morgan fingerprint density at radius 1 is 1.06 bits per heavy atom. The molecule has 1 unspecified atom stereocenters. The summed E-state index contributed by atoms with van der Waals surface area (Å²) in [6, 6.07) is 17.2. The van der Waals surface area contributed by atoms with Crippen molar-refractivity contribution < 1.29 is 9.53 Å². The summed E-state index contributed by atoms with van der Waals surface area (Å²) in [7, 11) is 0. The van der Waals surface area contributed by atoms with Crippen LogP contribution >= 0.6 is 11.8 Å². The Kier molecular flexibility index (Phi) is 8.57. The molecular formula is C27H37N3O2S. The molecule has 0 aliphatic carbocycles. The Bertz CT molecular complexity index is 896. The molecule has 2 heterocycles. The second kappa shape index (κ2) is 11.8. The molecule has 33 heavy (non-hydrogen) atoms. The summed E-state index contributed by atoms with van der Waals surface area (Å²) >= 11 is 1.77. The van der Waals surface area contributed by atoms with Crippen molar-refractivity contribution in [2.24, 2.45) is 0 Å². The van der Waals surface area contributed by atoms with Crippen LogP contribution < -0.4 is 9.64 Å². The van der Waals surface area contributed by atoms with Crippen LogP contribution in [0.2, 0.25) is 0 Å². The fraction of sp³-hybridized carbons (Fsp3) is 0.519. The van der Waals surface area contributed by atoms with E-state index < -0.39 is 0 Å². The van der Waals surface area contributed by atoms with E-state index in [1.807, 2.05) is 23.1 Å². The number of ether oxygens (including phenoxy) is 1. The topological polar surface area (TPSA) is 36.0 Å². The van der Waals surface area contributed by atoms with Crippen LogP contribution in [0, 0.1) is 0 Å². The highest BCUT2D eigenvalue weighted by Crippen LogP contribution is 2.23. The summed E-state index contributed by atoms with van der Waals surface area (Å²) in [5.74, 6) is 2.09. The van der Waals surface area contributed by atoms with Crippen LogP contribution in [0.5, 0.6) is 5.75 Å². The standard InChI is InChI=1S/C27H37N3O2S/c1-3-33-26-9-4-8-23(21-26)27(31)30-18-16-29(17-19-30)24-10-12-25(13-11-24)32-20-6-15-28-14-5-7-22(28)2/h4,8-13,21-22H,3,5-7,14-20H2,1-2H3. The van der Waals surface area contributed by atoms with Crippen molar-refractivity contribution in [3.05, 3.63) is 54.1 Å². The van der Waals surface area contributed by atoms with E-state index in [2.05, 4.69) is 54.0 Å². The van der Waals surface area contributed by atoms with E-state index in [0.29, 0.717) is 0 Å². The van der Waals surface area contributed by atoms with Gasteiger partial charge in [0.05, 0.1) is 6.61 Å². The van der Waals surface area contributed by atoms with Gasteiger partial charge in [0.1, 0.15) is 5.75 Å². The minimum absolute atomic E-state index is 0.139. The number of piperazine rings is 1. The minimum atomic E-state index is 0.139. The van der Waals surface area contributed by atoms with Crippen LogP contribution in [-0.2, 0) is 0 Å². The number of carbonyl (C=O) groups excluding carboxylic acids is 1. The number of amides is 1. The van der Waals surface area contributed by atoms with Crippen LogP contribution in [0.3, 0.4) is 0 Å². The molecule has 2 aliphatic rings. The Hall–Kier alpha value is -2.18. The highest BCUT2D eigenvalue weighted by Gasteiger charge is 2.23. The van der Waals surface area contributed by atoms with Crippen molar-refractivity contribution >= 4 is 23.4 Å². The van der Waals surface area contributed by atoms with Gasteiger partial charge in [0, 0.05) is 54.9 Å².